The summed E-state index contributed by atoms with van der Waals surface area (Å²) in [7, 11) is 4.56. The van der Waals surface area contributed by atoms with Gasteiger partial charge < -0.3 is 24.8 Å². The van der Waals surface area contributed by atoms with Gasteiger partial charge in [0.15, 0.2) is 0 Å². The van der Waals surface area contributed by atoms with Crippen LogP contribution in [0, 0.1) is 0 Å². The van der Waals surface area contributed by atoms with Crippen LogP contribution in [0.15, 0.2) is 6.07 Å². The van der Waals surface area contributed by atoms with Gasteiger partial charge in [-0.2, -0.15) is 9.97 Å². The van der Waals surface area contributed by atoms with Crippen LogP contribution in [-0.4, -0.2) is 56.4 Å². The van der Waals surface area contributed by atoms with E-state index in [4.69, 9.17) is 14.2 Å². The third-order valence-electron chi connectivity index (χ3n) is 2.44. The van der Waals surface area contributed by atoms with Crippen LogP contribution in [0.3, 0.4) is 0 Å². The molecule has 112 valence electrons. The smallest absolute Gasteiger partial charge is 0.242 e. The number of ether oxygens (including phenoxy) is 3. The zero-order valence-corrected chi connectivity index (χ0v) is 12.1. The number of methoxy groups -OCH3 is 3. The van der Waals surface area contributed by atoms with E-state index >= 15 is 0 Å². The van der Waals surface area contributed by atoms with Crippen LogP contribution >= 0.6 is 0 Å². The molecule has 0 saturated carbocycles. The van der Waals surface area contributed by atoms with Crippen LogP contribution in [0.2, 0.25) is 0 Å². The molecule has 8 heteroatoms. The van der Waals surface area contributed by atoms with Gasteiger partial charge in [-0.15, -0.1) is 0 Å². The lowest BCUT2D eigenvalue weighted by Crippen LogP contribution is -2.39. The van der Waals surface area contributed by atoms with Gasteiger partial charge >= 0.3 is 0 Å². The molecule has 1 atom stereocenters. The molecule has 2 N–H and O–H groups in total. The number of rotatable bonds is 8. The number of hydrogen-bond acceptors (Lipinski definition) is 7. The van der Waals surface area contributed by atoms with Gasteiger partial charge in [0.05, 0.1) is 26.9 Å². The van der Waals surface area contributed by atoms with Gasteiger partial charge in [-0.3, -0.25) is 4.79 Å². The van der Waals surface area contributed by atoms with Crippen molar-refractivity contribution in [2.75, 3.05) is 39.8 Å². The molecule has 1 heterocycles. The molecule has 0 aliphatic rings. The van der Waals surface area contributed by atoms with Crippen molar-refractivity contribution in [2.24, 2.45) is 0 Å². The molecule has 1 unspecified atom stereocenters. The average molecular weight is 284 g/mol. The number of anilines is 1. The predicted octanol–water partition coefficient (Wildman–Crippen LogP) is 0.0568. The number of carbonyl (C=O) groups excluding carboxylic acids is 1. The zero-order chi connectivity index (χ0) is 15.0. The highest BCUT2D eigenvalue weighted by Crippen LogP contribution is 2.17. The van der Waals surface area contributed by atoms with E-state index in [1.807, 2.05) is 0 Å². The van der Waals surface area contributed by atoms with Crippen molar-refractivity contribution in [1.82, 2.24) is 15.3 Å². The summed E-state index contributed by atoms with van der Waals surface area (Å²) in [5, 5.41) is 5.60. The third kappa shape index (κ3) is 4.88. The van der Waals surface area contributed by atoms with Crippen LogP contribution in [0.1, 0.15) is 6.92 Å². The third-order valence-corrected chi connectivity index (χ3v) is 2.44. The molecule has 0 saturated heterocycles. The van der Waals surface area contributed by atoms with Crippen molar-refractivity contribution in [2.45, 2.75) is 13.0 Å². The summed E-state index contributed by atoms with van der Waals surface area (Å²) in [5.74, 6) is 0.792. The number of nitrogens with zero attached hydrogens (tertiary/aromatic N) is 2. The van der Waals surface area contributed by atoms with Crippen molar-refractivity contribution >= 4 is 11.9 Å². The Morgan fingerprint density at radius 2 is 1.85 bits per heavy atom. The second kappa shape index (κ2) is 8.16. The highest BCUT2D eigenvalue weighted by Gasteiger charge is 2.14. The maximum Gasteiger partial charge on any atom is 0.242 e. The molecule has 0 aliphatic heterocycles. The molecule has 1 aromatic rings. The Morgan fingerprint density at radius 3 is 2.35 bits per heavy atom. The Bertz CT molecular complexity index is 419. The lowest BCUT2D eigenvalue weighted by Gasteiger charge is -2.14. The normalized spacial score (nSPS) is 11.6. The fraction of sp³-hybridized carbons (Fsp3) is 0.583. The summed E-state index contributed by atoms with van der Waals surface area (Å²) in [5.41, 5.74) is 0. The first kappa shape index (κ1) is 16.0. The summed E-state index contributed by atoms with van der Waals surface area (Å²) in [4.78, 5) is 20.0. The maximum atomic E-state index is 11.8. The number of aromatic nitrogens is 2. The van der Waals surface area contributed by atoms with E-state index in [1.165, 1.54) is 14.2 Å². The van der Waals surface area contributed by atoms with Crippen LogP contribution in [0.5, 0.6) is 11.8 Å². The number of carbonyl (C=O) groups is 1. The molecule has 0 radical (unpaired) electrons. The Kier molecular flexibility index (Phi) is 6.51. The van der Waals surface area contributed by atoms with Crippen LogP contribution < -0.4 is 20.1 Å². The summed E-state index contributed by atoms with van der Waals surface area (Å²) in [6, 6.07) is 1.05. The zero-order valence-electron chi connectivity index (χ0n) is 12.1. The molecule has 1 amide bonds. The number of nitrogens with one attached hydrogen (secondary N) is 2. The average Bonchev–Trinajstić information content (AvgIpc) is 2.46. The van der Waals surface area contributed by atoms with Crippen molar-refractivity contribution < 1.29 is 19.0 Å². The molecule has 0 aliphatic carbocycles. The molecule has 0 bridgehead atoms. The summed E-state index contributed by atoms with van der Waals surface area (Å²) in [6.07, 6.45) is 0. The van der Waals surface area contributed by atoms with Crippen molar-refractivity contribution in [3.05, 3.63) is 6.07 Å². The predicted molar refractivity (Wildman–Crippen MR) is 73.1 cm³/mol. The Hall–Kier alpha value is -2.09. The minimum Gasteiger partial charge on any atom is -0.481 e. The quantitative estimate of drug-likeness (QED) is 0.652. The molecular formula is C12H20N4O4. The topological polar surface area (TPSA) is 94.6 Å². The van der Waals surface area contributed by atoms with Crippen molar-refractivity contribution in [1.29, 1.82) is 0 Å². The molecule has 1 aromatic heterocycles. The lowest BCUT2D eigenvalue weighted by atomic mass is 10.3. The monoisotopic (exact) mass is 284 g/mol. The SMILES string of the molecule is COCCNC(=O)C(C)Nc1nc(OC)cc(OC)n1. The standard InChI is InChI=1S/C12H20N4O4/c1-8(11(17)13-5-6-18-2)14-12-15-9(19-3)7-10(16-12)20-4/h7-8H,5-6H2,1-4H3,(H,13,17)(H,14,15,16). The minimum atomic E-state index is -0.497. The first-order chi connectivity index (χ1) is 9.60. The van der Waals surface area contributed by atoms with E-state index in [0.29, 0.717) is 24.9 Å². The van der Waals surface area contributed by atoms with E-state index in [9.17, 15) is 4.79 Å². The van der Waals surface area contributed by atoms with Gasteiger partial charge in [-0.25, -0.2) is 0 Å². The minimum absolute atomic E-state index is 0.174. The Morgan fingerprint density at radius 1 is 1.25 bits per heavy atom. The van der Waals surface area contributed by atoms with Gasteiger partial charge in [0.1, 0.15) is 6.04 Å². The largest absolute Gasteiger partial charge is 0.481 e. The second-order valence-electron chi connectivity index (χ2n) is 3.93. The van der Waals surface area contributed by atoms with Gasteiger partial charge in [0, 0.05) is 13.7 Å². The fourth-order valence-electron chi connectivity index (χ4n) is 1.37. The molecule has 0 spiro atoms. The molecule has 0 fully saturated rings. The van der Waals surface area contributed by atoms with Gasteiger partial charge in [0.2, 0.25) is 23.6 Å². The molecule has 1 rings (SSSR count). The molecule has 0 aromatic carbocycles. The van der Waals surface area contributed by atoms with Gasteiger partial charge in [-0.05, 0) is 6.92 Å². The van der Waals surface area contributed by atoms with Crippen LogP contribution in [0.4, 0.5) is 5.95 Å². The van der Waals surface area contributed by atoms with E-state index in [0.717, 1.165) is 0 Å². The summed E-state index contributed by atoms with van der Waals surface area (Å²) >= 11 is 0. The van der Waals surface area contributed by atoms with E-state index in [2.05, 4.69) is 20.6 Å². The Balaban J connectivity index is 2.64. The molecule has 20 heavy (non-hydrogen) atoms. The van der Waals surface area contributed by atoms with Crippen molar-refractivity contribution in [3.63, 3.8) is 0 Å². The summed E-state index contributed by atoms with van der Waals surface area (Å²) in [6.45, 7) is 2.61. The van der Waals surface area contributed by atoms with E-state index < -0.39 is 6.04 Å². The second-order valence-corrected chi connectivity index (χ2v) is 3.93. The summed E-state index contributed by atoms with van der Waals surface area (Å²) < 4.78 is 14.9. The lowest BCUT2D eigenvalue weighted by molar-refractivity contribution is -0.121. The highest BCUT2D eigenvalue weighted by atomic mass is 16.5. The molecule has 8 nitrogen and oxygen atoms in total. The maximum absolute atomic E-state index is 11.8. The Labute approximate surface area is 117 Å². The highest BCUT2D eigenvalue weighted by molar-refractivity contribution is 5.83. The first-order valence-corrected chi connectivity index (χ1v) is 6.11. The van der Waals surface area contributed by atoms with Crippen LogP contribution in [0.25, 0.3) is 0 Å². The van der Waals surface area contributed by atoms with E-state index in [1.54, 1.807) is 20.1 Å². The van der Waals surface area contributed by atoms with Crippen LogP contribution in [-0.2, 0) is 9.53 Å². The van der Waals surface area contributed by atoms with Crippen molar-refractivity contribution in [3.8, 4) is 11.8 Å². The van der Waals surface area contributed by atoms with E-state index in [-0.39, 0.29) is 11.9 Å². The molecular weight excluding hydrogens is 264 g/mol. The number of hydrogen-bond donors (Lipinski definition) is 2. The van der Waals surface area contributed by atoms with Gasteiger partial charge in [-0.1, -0.05) is 0 Å². The fourth-order valence-corrected chi connectivity index (χ4v) is 1.37. The van der Waals surface area contributed by atoms with Gasteiger partial charge in [0.25, 0.3) is 0 Å². The number of amides is 1. The first-order valence-electron chi connectivity index (χ1n) is 6.11.